The van der Waals surface area contributed by atoms with E-state index in [1.54, 1.807) is 24.5 Å². The van der Waals surface area contributed by atoms with E-state index in [4.69, 9.17) is 0 Å². The second kappa shape index (κ2) is 6.60. The summed E-state index contributed by atoms with van der Waals surface area (Å²) in [6.45, 7) is 0. The highest BCUT2D eigenvalue weighted by molar-refractivity contribution is 6.08. The second-order valence-corrected chi connectivity index (χ2v) is 5.78. The summed E-state index contributed by atoms with van der Waals surface area (Å²) in [7, 11) is 0. The normalized spacial score (nSPS) is 16.2. The molecule has 3 rings (SSSR count). The number of imidazole rings is 1. The van der Waals surface area contributed by atoms with Gasteiger partial charge in [0, 0.05) is 12.4 Å². The Morgan fingerprint density at radius 3 is 2.82 bits per heavy atom. The Kier molecular flexibility index (Phi) is 4.37. The first kappa shape index (κ1) is 14.6. The number of nitrogens with zero attached hydrogens (tertiary/aromatic N) is 1. The Morgan fingerprint density at radius 1 is 1.27 bits per heavy atom. The Bertz CT molecular complexity index is 668. The molecule has 114 valence electrons. The van der Waals surface area contributed by atoms with Crippen LogP contribution < -0.4 is 0 Å². The lowest BCUT2D eigenvalue weighted by Crippen LogP contribution is -2.06. The molecular weight excluding hydrogens is 276 g/mol. The van der Waals surface area contributed by atoms with Gasteiger partial charge in [0.1, 0.15) is 11.6 Å². The molecule has 0 amide bonds. The maximum Gasteiger partial charge on any atom is 0.189 e. The highest BCUT2D eigenvalue weighted by atomic mass is 16.3. The lowest BCUT2D eigenvalue weighted by molar-refractivity contribution is 0.104. The average molecular weight is 296 g/mol. The number of phenols is 1. The fourth-order valence-corrected chi connectivity index (χ4v) is 3.05. The number of aromatic amines is 1. The van der Waals surface area contributed by atoms with Gasteiger partial charge in [-0.3, -0.25) is 4.79 Å². The van der Waals surface area contributed by atoms with Crippen LogP contribution in [0.2, 0.25) is 0 Å². The van der Waals surface area contributed by atoms with Gasteiger partial charge >= 0.3 is 0 Å². The number of carbonyl (C=O) groups is 1. The summed E-state index contributed by atoms with van der Waals surface area (Å²) < 4.78 is 0. The number of hydrogen-bond donors (Lipinski definition) is 2. The average Bonchev–Trinajstić information content (AvgIpc) is 3.07. The maximum absolute atomic E-state index is 12.3. The van der Waals surface area contributed by atoms with Crippen molar-refractivity contribution >= 4 is 11.9 Å². The number of aromatic nitrogens is 2. The van der Waals surface area contributed by atoms with Crippen LogP contribution in [0.3, 0.4) is 0 Å². The summed E-state index contributed by atoms with van der Waals surface area (Å²) in [5.74, 6) is 0.964. The third-order valence-electron chi connectivity index (χ3n) is 4.27. The molecule has 2 N–H and O–H groups in total. The molecule has 1 aliphatic carbocycles. The van der Waals surface area contributed by atoms with E-state index in [9.17, 15) is 9.90 Å². The number of hydrogen-bond acceptors (Lipinski definition) is 3. The summed E-state index contributed by atoms with van der Waals surface area (Å²) in [6.07, 6.45) is 12.5. The van der Waals surface area contributed by atoms with Crippen molar-refractivity contribution in [2.24, 2.45) is 0 Å². The van der Waals surface area contributed by atoms with E-state index < -0.39 is 0 Å². The van der Waals surface area contributed by atoms with Crippen LogP contribution in [0.1, 0.15) is 59.8 Å². The summed E-state index contributed by atoms with van der Waals surface area (Å²) >= 11 is 0. The van der Waals surface area contributed by atoms with Crippen LogP contribution in [0, 0.1) is 0 Å². The first-order valence-corrected chi connectivity index (χ1v) is 7.79. The molecule has 0 spiro atoms. The van der Waals surface area contributed by atoms with Gasteiger partial charge in [0.2, 0.25) is 0 Å². The van der Waals surface area contributed by atoms with Crippen molar-refractivity contribution in [1.29, 1.82) is 0 Å². The zero-order valence-corrected chi connectivity index (χ0v) is 12.5. The van der Waals surface area contributed by atoms with Gasteiger partial charge in [0.15, 0.2) is 5.78 Å². The smallest absolute Gasteiger partial charge is 0.189 e. The van der Waals surface area contributed by atoms with E-state index in [2.05, 4.69) is 9.97 Å². The summed E-state index contributed by atoms with van der Waals surface area (Å²) in [5, 5.41) is 9.98. The van der Waals surface area contributed by atoms with Crippen LogP contribution >= 0.6 is 0 Å². The standard InChI is InChI=1S/C18H20N2O2/c21-16-7-6-14(13-4-2-1-3-5-13)12-15(16)17(22)8-9-18-19-10-11-20-18/h6-13,21H,1-5H2,(H,19,20). The predicted molar refractivity (Wildman–Crippen MR) is 85.9 cm³/mol. The Hall–Kier alpha value is -2.36. The molecule has 0 bridgehead atoms. The van der Waals surface area contributed by atoms with E-state index in [-0.39, 0.29) is 11.5 Å². The molecular formula is C18H20N2O2. The number of nitrogens with one attached hydrogen (secondary N) is 1. The molecule has 2 aromatic rings. The van der Waals surface area contributed by atoms with Gasteiger partial charge in [0.25, 0.3) is 0 Å². The van der Waals surface area contributed by atoms with Crippen LogP contribution in [-0.2, 0) is 0 Å². The van der Waals surface area contributed by atoms with Crippen molar-refractivity contribution in [2.45, 2.75) is 38.0 Å². The molecule has 1 heterocycles. The van der Waals surface area contributed by atoms with Crippen LogP contribution in [0.5, 0.6) is 5.75 Å². The van der Waals surface area contributed by atoms with Crippen LogP contribution in [0.15, 0.2) is 36.7 Å². The Balaban J connectivity index is 1.81. The number of carbonyl (C=O) groups excluding carboxylic acids is 1. The van der Waals surface area contributed by atoms with Crippen LogP contribution in [-0.4, -0.2) is 20.9 Å². The van der Waals surface area contributed by atoms with Crippen molar-refractivity contribution in [2.75, 3.05) is 0 Å². The fourth-order valence-electron chi connectivity index (χ4n) is 3.05. The molecule has 0 unspecified atom stereocenters. The molecule has 1 aromatic heterocycles. The van der Waals surface area contributed by atoms with E-state index in [0.717, 1.165) is 5.56 Å². The fraction of sp³-hybridized carbons (Fsp3) is 0.333. The molecule has 1 fully saturated rings. The number of aromatic hydroxyl groups is 1. The van der Waals surface area contributed by atoms with Gasteiger partial charge in [-0.05, 0) is 48.6 Å². The van der Waals surface area contributed by atoms with Crippen LogP contribution in [0.4, 0.5) is 0 Å². The minimum absolute atomic E-state index is 0.0358. The van der Waals surface area contributed by atoms with Crippen molar-refractivity contribution < 1.29 is 9.90 Å². The van der Waals surface area contributed by atoms with E-state index in [0.29, 0.717) is 17.3 Å². The van der Waals surface area contributed by atoms with Crippen molar-refractivity contribution in [1.82, 2.24) is 9.97 Å². The molecule has 1 aromatic carbocycles. The zero-order valence-electron chi connectivity index (χ0n) is 12.5. The minimum Gasteiger partial charge on any atom is -0.507 e. The first-order chi connectivity index (χ1) is 10.7. The third-order valence-corrected chi connectivity index (χ3v) is 4.27. The highest BCUT2D eigenvalue weighted by Gasteiger charge is 2.18. The van der Waals surface area contributed by atoms with Gasteiger partial charge in [-0.15, -0.1) is 0 Å². The molecule has 0 aliphatic heterocycles. The van der Waals surface area contributed by atoms with Crippen molar-refractivity contribution in [3.63, 3.8) is 0 Å². The second-order valence-electron chi connectivity index (χ2n) is 5.78. The van der Waals surface area contributed by atoms with Gasteiger partial charge in [-0.1, -0.05) is 25.3 Å². The monoisotopic (exact) mass is 296 g/mol. The number of benzene rings is 1. The summed E-state index contributed by atoms with van der Waals surface area (Å²) in [5.41, 5.74) is 1.53. The molecule has 0 saturated heterocycles. The van der Waals surface area contributed by atoms with Gasteiger partial charge in [-0.2, -0.15) is 0 Å². The number of allylic oxidation sites excluding steroid dienone is 1. The first-order valence-electron chi connectivity index (χ1n) is 7.79. The SMILES string of the molecule is O=C(C=Cc1ncc[nH]1)c1cc(C2CCCCC2)ccc1O. The van der Waals surface area contributed by atoms with Gasteiger partial charge in [-0.25, -0.2) is 4.98 Å². The predicted octanol–water partition coefficient (Wildman–Crippen LogP) is 4.06. The molecule has 4 heteroatoms. The third kappa shape index (κ3) is 3.27. The Morgan fingerprint density at radius 2 is 2.09 bits per heavy atom. The van der Waals surface area contributed by atoms with Gasteiger partial charge < -0.3 is 10.1 Å². The van der Waals surface area contributed by atoms with E-state index in [1.165, 1.54) is 38.2 Å². The summed E-state index contributed by atoms with van der Waals surface area (Å²) in [4.78, 5) is 19.3. The number of ketones is 1. The number of rotatable bonds is 4. The topological polar surface area (TPSA) is 66.0 Å². The summed E-state index contributed by atoms with van der Waals surface area (Å²) in [6, 6.07) is 5.43. The molecule has 0 radical (unpaired) electrons. The number of phenolic OH excluding ortho intramolecular Hbond substituents is 1. The minimum atomic E-state index is -0.202. The number of H-pyrrole nitrogens is 1. The van der Waals surface area contributed by atoms with Gasteiger partial charge in [0.05, 0.1) is 5.56 Å². The lowest BCUT2D eigenvalue weighted by Gasteiger charge is -2.22. The van der Waals surface area contributed by atoms with Crippen LogP contribution in [0.25, 0.3) is 6.08 Å². The zero-order chi connectivity index (χ0) is 15.4. The van der Waals surface area contributed by atoms with Crippen molar-refractivity contribution in [3.8, 4) is 5.75 Å². The van der Waals surface area contributed by atoms with E-state index in [1.807, 2.05) is 12.1 Å². The molecule has 4 nitrogen and oxygen atoms in total. The molecule has 1 aliphatic rings. The molecule has 22 heavy (non-hydrogen) atoms. The lowest BCUT2D eigenvalue weighted by atomic mass is 9.83. The largest absolute Gasteiger partial charge is 0.507 e. The Labute approximate surface area is 129 Å². The molecule has 0 atom stereocenters. The quantitative estimate of drug-likeness (QED) is 0.660. The van der Waals surface area contributed by atoms with E-state index >= 15 is 0 Å². The highest BCUT2D eigenvalue weighted by Crippen LogP contribution is 2.34. The molecule has 1 saturated carbocycles. The van der Waals surface area contributed by atoms with Crippen molar-refractivity contribution in [3.05, 3.63) is 53.6 Å². The maximum atomic E-state index is 12.3.